The highest BCUT2D eigenvalue weighted by Gasteiger charge is 2.27. The van der Waals surface area contributed by atoms with E-state index in [1.807, 2.05) is 0 Å². The number of hydrogen-bond acceptors (Lipinski definition) is 5. The highest BCUT2D eigenvalue weighted by molar-refractivity contribution is 7.90. The molecule has 6 nitrogen and oxygen atoms in total. The van der Waals surface area contributed by atoms with Gasteiger partial charge in [0.05, 0.1) is 11.9 Å². The van der Waals surface area contributed by atoms with Gasteiger partial charge in [0.2, 0.25) is 5.91 Å². The molecule has 7 heteroatoms. The van der Waals surface area contributed by atoms with E-state index in [0.717, 1.165) is 19.1 Å². The maximum Gasteiger partial charge on any atom is 0.227 e. The summed E-state index contributed by atoms with van der Waals surface area (Å²) in [6.45, 7) is 0. The van der Waals surface area contributed by atoms with Gasteiger partial charge in [-0.15, -0.1) is 0 Å². The molecular weight excluding hydrogens is 266 g/mol. The minimum absolute atomic E-state index is 0.00612. The largest absolute Gasteiger partial charge is 0.328 e. The van der Waals surface area contributed by atoms with Crippen LogP contribution in [0.3, 0.4) is 0 Å². The van der Waals surface area contributed by atoms with Crippen molar-refractivity contribution in [2.45, 2.75) is 30.3 Å². The van der Waals surface area contributed by atoms with E-state index < -0.39 is 9.84 Å². The van der Waals surface area contributed by atoms with E-state index in [9.17, 15) is 13.2 Å². The molecule has 1 fully saturated rings. The van der Waals surface area contributed by atoms with Crippen molar-refractivity contribution < 1.29 is 13.2 Å². The number of hydrogen-bond donors (Lipinski definition) is 2. The Morgan fingerprint density at radius 1 is 1.42 bits per heavy atom. The molecule has 1 aromatic rings. The molecule has 1 aromatic heterocycles. The Hall–Kier alpha value is -1.47. The zero-order valence-electron chi connectivity index (χ0n) is 10.7. The highest BCUT2D eigenvalue weighted by Crippen LogP contribution is 2.25. The molecule has 0 spiro atoms. The van der Waals surface area contributed by atoms with Gasteiger partial charge in [-0.3, -0.25) is 4.79 Å². The maximum atomic E-state index is 11.9. The van der Waals surface area contributed by atoms with Gasteiger partial charge in [0.25, 0.3) is 0 Å². The fourth-order valence-electron chi connectivity index (χ4n) is 2.17. The third-order valence-electron chi connectivity index (χ3n) is 3.23. The maximum absolute atomic E-state index is 11.9. The first-order chi connectivity index (χ1) is 8.86. The van der Waals surface area contributed by atoms with Crippen molar-refractivity contribution in [3.63, 3.8) is 0 Å². The van der Waals surface area contributed by atoms with Crippen LogP contribution in [0.25, 0.3) is 0 Å². The molecule has 1 heterocycles. The van der Waals surface area contributed by atoms with Crippen molar-refractivity contribution in [1.29, 1.82) is 0 Å². The second kappa shape index (κ2) is 5.26. The molecule has 0 aliphatic heterocycles. The zero-order chi connectivity index (χ0) is 14.0. The van der Waals surface area contributed by atoms with Gasteiger partial charge >= 0.3 is 0 Å². The fourth-order valence-corrected chi connectivity index (χ4v) is 2.73. The molecule has 104 valence electrons. The van der Waals surface area contributed by atoms with E-state index in [0.29, 0.717) is 12.1 Å². The smallest absolute Gasteiger partial charge is 0.227 e. The topological polar surface area (TPSA) is 102 Å². The summed E-state index contributed by atoms with van der Waals surface area (Å²) >= 11 is 0. The first-order valence-corrected chi connectivity index (χ1v) is 7.98. The Morgan fingerprint density at radius 3 is 2.63 bits per heavy atom. The van der Waals surface area contributed by atoms with Crippen LogP contribution in [0, 0.1) is 5.92 Å². The summed E-state index contributed by atoms with van der Waals surface area (Å²) < 4.78 is 22.5. The molecule has 2 atom stereocenters. The number of rotatable bonds is 3. The lowest BCUT2D eigenvalue weighted by Gasteiger charge is -2.10. The Morgan fingerprint density at radius 2 is 2.16 bits per heavy atom. The van der Waals surface area contributed by atoms with Crippen LogP contribution in [-0.4, -0.2) is 31.6 Å². The Balaban J connectivity index is 2.02. The van der Waals surface area contributed by atoms with Gasteiger partial charge in [-0.05, 0) is 31.4 Å². The number of nitrogens with two attached hydrogens (primary N) is 1. The Kier molecular flexibility index (Phi) is 3.86. The number of carbonyl (C=O) groups is 1. The van der Waals surface area contributed by atoms with Crippen LogP contribution in [0.15, 0.2) is 23.4 Å². The average molecular weight is 283 g/mol. The van der Waals surface area contributed by atoms with Gasteiger partial charge in [0.1, 0.15) is 0 Å². The number of sulfone groups is 1. The van der Waals surface area contributed by atoms with Gasteiger partial charge < -0.3 is 11.1 Å². The summed E-state index contributed by atoms with van der Waals surface area (Å²) in [5.41, 5.74) is 6.26. The van der Waals surface area contributed by atoms with E-state index >= 15 is 0 Å². The lowest BCUT2D eigenvalue weighted by molar-refractivity contribution is -0.119. The summed E-state index contributed by atoms with van der Waals surface area (Å²) in [5, 5.41) is 2.73. The number of aromatic nitrogens is 1. The Bertz CT molecular complexity index is 568. The van der Waals surface area contributed by atoms with E-state index in [1.165, 1.54) is 18.3 Å². The quantitative estimate of drug-likeness (QED) is 0.843. The molecule has 0 radical (unpaired) electrons. The molecule has 0 bridgehead atoms. The first kappa shape index (κ1) is 14.0. The lowest BCUT2D eigenvalue weighted by Crippen LogP contribution is -2.23. The minimum atomic E-state index is -3.31. The molecule has 3 N–H and O–H groups in total. The summed E-state index contributed by atoms with van der Waals surface area (Å²) in [5.74, 6) is -0.147. The van der Waals surface area contributed by atoms with Crippen LogP contribution in [0.1, 0.15) is 19.3 Å². The number of amides is 1. The third kappa shape index (κ3) is 3.51. The molecule has 2 rings (SSSR count). The summed E-state index contributed by atoms with van der Waals surface area (Å²) in [6, 6.07) is 3.02. The molecule has 1 saturated carbocycles. The summed E-state index contributed by atoms with van der Waals surface area (Å²) in [4.78, 5) is 15.7. The van der Waals surface area contributed by atoms with Crippen LogP contribution in [0.2, 0.25) is 0 Å². The van der Waals surface area contributed by atoms with Crippen molar-refractivity contribution in [1.82, 2.24) is 4.98 Å². The highest BCUT2D eigenvalue weighted by atomic mass is 32.2. The second-order valence-corrected chi connectivity index (χ2v) is 6.88. The number of carbonyl (C=O) groups excluding carboxylic acids is 1. The van der Waals surface area contributed by atoms with E-state index in [-0.39, 0.29) is 22.9 Å². The molecule has 1 amide bonds. The number of anilines is 1. The van der Waals surface area contributed by atoms with Crippen molar-refractivity contribution in [3.8, 4) is 0 Å². The van der Waals surface area contributed by atoms with E-state index in [4.69, 9.17) is 5.73 Å². The summed E-state index contributed by atoms with van der Waals surface area (Å²) in [7, 11) is -3.31. The predicted octanol–water partition coefficient (Wildman–Crippen LogP) is 0.551. The van der Waals surface area contributed by atoms with Gasteiger partial charge in [0.15, 0.2) is 14.9 Å². The SMILES string of the molecule is CS(=O)(=O)c1ccc(NC(=O)C2CCC(N)C2)cn1. The van der Waals surface area contributed by atoms with Crippen LogP contribution >= 0.6 is 0 Å². The molecule has 2 unspecified atom stereocenters. The minimum Gasteiger partial charge on any atom is -0.328 e. The molecule has 0 aromatic carbocycles. The molecular formula is C12H17N3O3S. The van der Waals surface area contributed by atoms with Gasteiger partial charge in [-0.1, -0.05) is 0 Å². The summed E-state index contributed by atoms with van der Waals surface area (Å²) in [6.07, 6.45) is 4.79. The van der Waals surface area contributed by atoms with Crippen molar-refractivity contribution in [3.05, 3.63) is 18.3 Å². The zero-order valence-corrected chi connectivity index (χ0v) is 11.5. The van der Waals surface area contributed by atoms with Crippen molar-refractivity contribution in [2.75, 3.05) is 11.6 Å². The van der Waals surface area contributed by atoms with E-state index in [1.54, 1.807) is 0 Å². The normalized spacial score (nSPS) is 23.3. The van der Waals surface area contributed by atoms with Crippen LogP contribution in [0.4, 0.5) is 5.69 Å². The van der Waals surface area contributed by atoms with E-state index in [2.05, 4.69) is 10.3 Å². The van der Waals surface area contributed by atoms with Crippen LogP contribution in [-0.2, 0) is 14.6 Å². The predicted molar refractivity (Wildman–Crippen MR) is 71.3 cm³/mol. The fraction of sp³-hybridized carbons (Fsp3) is 0.500. The number of nitrogens with zero attached hydrogens (tertiary/aromatic N) is 1. The van der Waals surface area contributed by atoms with Crippen molar-refractivity contribution in [2.24, 2.45) is 11.7 Å². The average Bonchev–Trinajstić information content (AvgIpc) is 2.75. The lowest BCUT2D eigenvalue weighted by atomic mass is 10.1. The van der Waals surface area contributed by atoms with Crippen LogP contribution in [0.5, 0.6) is 0 Å². The molecule has 1 aliphatic carbocycles. The molecule has 19 heavy (non-hydrogen) atoms. The number of nitrogens with one attached hydrogen (secondary N) is 1. The Labute approximate surface area is 112 Å². The monoisotopic (exact) mass is 283 g/mol. The molecule has 1 aliphatic rings. The third-order valence-corrected chi connectivity index (χ3v) is 4.23. The first-order valence-electron chi connectivity index (χ1n) is 6.09. The standard InChI is InChI=1S/C12H17N3O3S/c1-19(17,18)11-5-4-10(7-14-11)15-12(16)8-2-3-9(13)6-8/h4-5,7-9H,2-3,6,13H2,1H3,(H,15,16). The van der Waals surface area contributed by atoms with Gasteiger partial charge in [-0.25, -0.2) is 13.4 Å². The molecule has 0 saturated heterocycles. The van der Waals surface area contributed by atoms with Crippen molar-refractivity contribution >= 4 is 21.4 Å². The van der Waals surface area contributed by atoms with Gasteiger partial charge in [-0.2, -0.15) is 0 Å². The van der Waals surface area contributed by atoms with Gasteiger partial charge in [0, 0.05) is 18.2 Å². The number of pyridine rings is 1. The second-order valence-electron chi connectivity index (χ2n) is 4.92. The van der Waals surface area contributed by atoms with Crippen LogP contribution < -0.4 is 11.1 Å².